The number of H-pyrrole nitrogens is 1. The average Bonchev–Trinajstić information content (AvgIpc) is 3.44. The molecule has 0 unspecified atom stereocenters. The Labute approximate surface area is 183 Å². The highest BCUT2D eigenvalue weighted by molar-refractivity contribution is 6.30. The molecule has 2 heterocycles. The highest BCUT2D eigenvalue weighted by atomic mass is 35.5. The summed E-state index contributed by atoms with van der Waals surface area (Å²) in [7, 11) is 0. The van der Waals surface area contributed by atoms with Crippen LogP contribution in [0.5, 0.6) is 0 Å². The molecule has 2 aromatic heterocycles. The summed E-state index contributed by atoms with van der Waals surface area (Å²) in [5.74, 6) is 1.71. The van der Waals surface area contributed by atoms with Gasteiger partial charge in [-0.1, -0.05) is 54.1 Å². The van der Waals surface area contributed by atoms with Crippen molar-refractivity contribution in [2.24, 2.45) is 0 Å². The van der Waals surface area contributed by atoms with Crippen LogP contribution < -0.4 is 0 Å². The highest BCUT2D eigenvalue weighted by Gasteiger charge is 2.15. The Morgan fingerprint density at radius 2 is 1.61 bits per heavy atom. The minimum Gasteiger partial charge on any atom is -0.303 e. The number of rotatable bonds is 5. The molecule has 0 atom stereocenters. The second-order valence-corrected chi connectivity index (χ2v) is 7.50. The van der Waals surface area contributed by atoms with Crippen LogP contribution in [0.2, 0.25) is 5.02 Å². The quantitative estimate of drug-likeness (QED) is 0.389. The first-order valence-electron chi connectivity index (χ1n) is 9.72. The van der Waals surface area contributed by atoms with E-state index in [1.165, 1.54) is 12.1 Å². The molecule has 1 N–H and O–H groups in total. The molecule has 5 rings (SSSR count). The van der Waals surface area contributed by atoms with Gasteiger partial charge in [-0.15, -0.1) is 0 Å². The molecule has 152 valence electrons. The molecule has 0 spiro atoms. The van der Waals surface area contributed by atoms with Gasteiger partial charge in [-0.25, -0.2) is 14.4 Å². The Bertz CT molecular complexity index is 1310. The molecule has 0 bridgehead atoms. The van der Waals surface area contributed by atoms with Crippen LogP contribution in [0.1, 0.15) is 11.4 Å². The molecule has 0 aliphatic rings. The number of benzene rings is 3. The number of hydrogen-bond donors (Lipinski definition) is 1. The van der Waals surface area contributed by atoms with Gasteiger partial charge < -0.3 is 4.57 Å². The molecule has 0 saturated carbocycles. The first-order valence-corrected chi connectivity index (χ1v) is 10.1. The molecule has 31 heavy (non-hydrogen) atoms. The van der Waals surface area contributed by atoms with Crippen molar-refractivity contribution in [3.63, 3.8) is 0 Å². The van der Waals surface area contributed by atoms with Gasteiger partial charge in [-0.3, -0.25) is 5.10 Å². The summed E-state index contributed by atoms with van der Waals surface area (Å²) in [4.78, 5) is 9.42. The van der Waals surface area contributed by atoms with Gasteiger partial charge >= 0.3 is 0 Å². The lowest BCUT2D eigenvalue weighted by Crippen LogP contribution is -2.01. The summed E-state index contributed by atoms with van der Waals surface area (Å²) >= 11 is 6.06. The Hall–Kier alpha value is -3.77. The number of hydrogen-bond acceptors (Lipinski definition) is 3. The predicted molar refractivity (Wildman–Crippen MR) is 119 cm³/mol. The van der Waals surface area contributed by atoms with E-state index in [9.17, 15) is 4.39 Å². The number of aromatic nitrogens is 5. The van der Waals surface area contributed by atoms with Crippen LogP contribution in [0.25, 0.3) is 28.6 Å². The average molecular weight is 430 g/mol. The van der Waals surface area contributed by atoms with Crippen molar-refractivity contribution in [1.29, 1.82) is 0 Å². The fraction of sp³-hybridized carbons (Fsp3) is 0.0417. The summed E-state index contributed by atoms with van der Waals surface area (Å²) in [6.07, 6.45) is 2.44. The van der Waals surface area contributed by atoms with E-state index >= 15 is 0 Å². The largest absolute Gasteiger partial charge is 0.303 e. The predicted octanol–water partition coefficient (Wildman–Crippen LogP) is 5.71. The molecule has 3 aromatic carbocycles. The summed E-state index contributed by atoms with van der Waals surface area (Å²) in [5, 5.41) is 7.98. The molecule has 0 aliphatic carbocycles. The lowest BCUT2D eigenvalue weighted by Gasteiger charge is -2.08. The van der Waals surface area contributed by atoms with Crippen LogP contribution in [0, 0.1) is 5.82 Å². The fourth-order valence-corrected chi connectivity index (χ4v) is 3.49. The van der Waals surface area contributed by atoms with Crippen molar-refractivity contribution in [2.75, 3.05) is 0 Å². The molecular formula is C24H17ClFN5. The zero-order valence-corrected chi connectivity index (χ0v) is 17.1. The van der Waals surface area contributed by atoms with Crippen LogP contribution in [-0.2, 0) is 6.42 Å². The first-order chi connectivity index (χ1) is 15.2. The highest BCUT2D eigenvalue weighted by Crippen LogP contribution is 2.24. The fourth-order valence-electron chi connectivity index (χ4n) is 3.36. The third-order valence-corrected chi connectivity index (χ3v) is 5.17. The maximum absolute atomic E-state index is 13.3. The topological polar surface area (TPSA) is 59.4 Å². The van der Waals surface area contributed by atoms with E-state index in [4.69, 9.17) is 16.6 Å². The Morgan fingerprint density at radius 1 is 0.871 bits per heavy atom. The van der Waals surface area contributed by atoms with Crippen LogP contribution in [-0.4, -0.2) is 24.7 Å². The van der Waals surface area contributed by atoms with Gasteiger partial charge in [0.05, 0.1) is 0 Å². The second-order valence-electron chi connectivity index (χ2n) is 7.07. The molecular weight excluding hydrogens is 413 g/mol. The van der Waals surface area contributed by atoms with Gasteiger partial charge in [-0.05, 0) is 42.0 Å². The second kappa shape index (κ2) is 8.16. The van der Waals surface area contributed by atoms with Gasteiger partial charge in [0.25, 0.3) is 0 Å². The van der Waals surface area contributed by atoms with Crippen molar-refractivity contribution in [3.8, 4) is 28.6 Å². The Kier molecular flexibility index (Phi) is 5.06. The zero-order valence-electron chi connectivity index (χ0n) is 16.3. The van der Waals surface area contributed by atoms with Crippen molar-refractivity contribution < 1.29 is 4.39 Å². The van der Waals surface area contributed by atoms with Crippen molar-refractivity contribution >= 4 is 11.6 Å². The summed E-state index contributed by atoms with van der Waals surface area (Å²) in [6, 6.07) is 23.7. The van der Waals surface area contributed by atoms with Crippen molar-refractivity contribution in [1.82, 2.24) is 24.7 Å². The number of nitrogens with zero attached hydrogens (tertiary/aromatic N) is 4. The molecule has 0 amide bonds. The molecule has 5 nitrogen and oxygen atoms in total. The van der Waals surface area contributed by atoms with Gasteiger partial charge in [0.1, 0.15) is 17.3 Å². The standard InChI is InChI=1S/C24H17ClFN5/c25-18-8-12-20(13-9-18)31-15-21(27-22(31)14-16-6-10-19(26)11-7-16)24-28-23(29-30-24)17-4-2-1-3-5-17/h1-13,15H,14H2,(H,28,29,30). The van der Waals surface area contributed by atoms with Gasteiger partial charge in [-0.2, -0.15) is 5.10 Å². The zero-order chi connectivity index (χ0) is 21.2. The van der Waals surface area contributed by atoms with E-state index in [-0.39, 0.29) is 5.82 Å². The summed E-state index contributed by atoms with van der Waals surface area (Å²) in [6.45, 7) is 0. The van der Waals surface area contributed by atoms with E-state index in [0.29, 0.717) is 28.8 Å². The molecule has 0 fully saturated rings. The molecule has 7 heteroatoms. The van der Waals surface area contributed by atoms with Crippen LogP contribution in [0.4, 0.5) is 4.39 Å². The maximum Gasteiger partial charge on any atom is 0.181 e. The third kappa shape index (κ3) is 4.11. The molecule has 0 radical (unpaired) electrons. The summed E-state index contributed by atoms with van der Waals surface area (Å²) in [5.41, 5.74) is 3.47. The first kappa shape index (κ1) is 19.2. The van der Waals surface area contributed by atoms with Gasteiger partial charge in [0.2, 0.25) is 0 Å². The SMILES string of the molecule is Fc1ccc(Cc2nc(-c3nc(-c4ccccc4)n[nH]3)cn2-c2ccc(Cl)cc2)cc1. The molecule has 0 aliphatic heterocycles. The monoisotopic (exact) mass is 429 g/mol. The number of nitrogens with one attached hydrogen (secondary N) is 1. The van der Waals surface area contributed by atoms with Crippen molar-refractivity contribution in [3.05, 3.63) is 107 Å². The summed E-state index contributed by atoms with van der Waals surface area (Å²) < 4.78 is 15.3. The Morgan fingerprint density at radius 3 is 2.35 bits per heavy atom. The van der Waals surface area contributed by atoms with Gasteiger partial charge in [0.15, 0.2) is 11.6 Å². The molecule has 0 saturated heterocycles. The van der Waals surface area contributed by atoms with E-state index in [0.717, 1.165) is 22.6 Å². The molecule has 5 aromatic rings. The van der Waals surface area contributed by atoms with Crippen LogP contribution in [0.3, 0.4) is 0 Å². The lowest BCUT2D eigenvalue weighted by atomic mass is 10.1. The third-order valence-electron chi connectivity index (χ3n) is 4.92. The minimum absolute atomic E-state index is 0.263. The van der Waals surface area contributed by atoms with E-state index in [2.05, 4.69) is 15.2 Å². The number of aromatic amines is 1. The van der Waals surface area contributed by atoms with E-state index in [1.54, 1.807) is 12.1 Å². The number of halogens is 2. The Balaban J connectivity index is 1.55. The van der Waals surface area contributed by atoms with Crippen molar-refractivity contribution in [2.45, 2.75) is 6.42 Å². The van der Waals surface area contributed by atoms with E-state index in [1.807, 2.05) is 65.4 Å². The van der Waals surface area contributed by atoms with Gasteiger partial charge in [0, 0.05) is 28.9 Å². The minimum atomic E-state index is -0.263. The maximum atomic E-state index is 13.3. The normalized spacial score (nSPS) is 11.0. The number of imidazole rings is 1. The smallest absolute Gasteiger partial charge is 0.181 e. The lowest BCUT2D eigenvalue weighted by molar-refractivity contribution is 0.627. The van der Waals surface area contributed by atoms with E-state index < -0.39 is 0 Å². The van der Waals surface area contributed by atoms with Crippen LogP contribution in [0.15, 0.2) is 85.1 Å². The van der Waals surface area contributed by atoms with Crippen LogP contribution >= 0.6 is 11.6 Å².